The normalized spacial score (nSPS) is 11.9. The zero-order chi connectivity index (χ0) is 37.5. The maximum atomic E-state index is 6.18. The van der Waals surface area contributed by atoms with Crippen molar-refractivity contribution in [2.45, 2.75) is 0 Å². The van der Waals surface area contributed by atoms with Gasteiger partial charge in [0.1, 0.15) is 16.0 Å². The van der Waals surface area contributed by atoms with Crippen LogP contribution in [0, 0.1) is 0 Å². The average molecular weight is 746 g/mol. The molecule has 12 rings (SSSR count). The van der Waals surface area contributed by atoms with Crippen molar-refractivity contribution in [1.82, 2.24) is 14.5 Å². The summed E-state index contributed by atoms with van der Waals surface area (Å²) in [6.45, 7) is 0. The molecule has 0 fully saturated rings. The zero-order valence-corrected chi connectivity index (χ0v) is 31.4. The largest absolute Gasteiger partial charge is 0.456 e. The molecule has 0 saturated carbocycles. The Morgan fingerprint density at radius 2 is 0.895 bits per heavy atom. The van der Waals surface area contributed by atoms with Gasteiger partial charge >= 0.3 is 0 Å². The number of para-hydroxylation sites is 1. The van der Waals surface area contributed by atoms with E-state index in [1.807, 2.05) is 12.1 Å². The van der Waals surface area contributed by atoms with Gasteiger partial charge in [-0.05, 0) is 81.9 Å². The molecular weight excluding hydrogens is 715 g/mol. The predicted octanol–water partition coefficient (Wildman–Crippen LogP) is 14.5. The molecule has 4 aromatic heterocycles. The molecule has 57 heavy (non-hydrogen) atoms. The van der Waals surface area contributed by atoms with Crippen LogP contribution < -0.4 is 0 Å². The predicted molar refractivity (Wildman–Crippen MR) is 238 cm³/mol. The number of hydrogen-bond donors (Lipinski definition) is 0. The molecule has 266 valence electrons. The van der Waals surface area contributed by atoms with E-state index in [1.54, 1.807) is 11.3 Å². The molecule has 0 spiro atoms. The summed E-state index contributed by atoms with van der Waals surface area (Å²) >= 11 is 1.72. The molecule has 0 N–H and O–H groups in total. The van der Waals surface area contributed by atoms with Crippen LogP contribution in [0.1, 0.15) is 0 Å². The van der Waals surface area contributed by atoms with Gasteiger partial charge in [0, 0.05) is 42.6 Å². The lowest BCUT2D eigenvalue weighted by Crippen LogP contribution is -2.02. The lowest BCUT2D eigenvalue weighted by atomic mass is 9.99. The molecular formula is C52H31N3OS. The van der Waals surface area contributed by atoms with Crippen molar-refractivity contribution in [3.05, 3.63) is 188 Å². The monoisotopic (exact) mass is 745 g/mol. The number of fused-ring (bicyclic) bond motifs is 9. The number of nitrogens with zero attached hydrogens (tertiary/aromatic N) is 3. The molecule has 0 atom stereocenters. The van der Waals surface area contributed by atoms with Crippen LogP contribution >= 0.6 is 11.3 Å². The minimum absolute atomic E-state index is 0.655. The van der Waals surface area contributed by atoms with Crippen molar-refractivity contribution in [2.24, 2.45) is 0 Å². The first-order chi connectivity index (χ1) is 28.2. The number of furan rings is 1. The van der Waals surface area contributed by atoms with E-state index in [9.17, 15) is 0 Å². The van der Waals surface area contributed by atoms with Crippen molar-refractivity contribution in [3.8, 4) is 50.6 Å². The Balaban J connectivity index is 1.10. The van der Waals surface area contributed by atoms with Crippen LogP contribution in [0.4, 0.5) is 0 Å². The van der Waals surface area contributed by atoms with Gasteiger partial charge in [-0.15, -0.1) is 11.3 Å². The van der Waals surface area contributed by atoms with Gasteiger partial charge in [0.15, 0.2) is 0 Å². The third kappa shape index (κ3) is 5.13. The van der Waals surface area contributed by atoms with Gasteiger partial charge < -0.3 is 4.42 Å². The Morgan fingerprint density at radius 3 is 1.61 bits per heavy atom. The molecule has 0 aliphatic carbocycles. The number of aromatic nitrogens is 3. The van der Waals surface area contributed by atoms with Gasteiger partial charge in [0.2, 0.25) is 5.95 Å². The van der Waals surface area contributed by atoms with Crippen LogP contribution in [0.15, 0.2) is 192 Å². The third-order valence-electron chi connectivity index (χ3n) is 11.3. The highest BCUT2D eigenvalue weighted by Crippen LogP contribution is 2.42. The molecule has 0 amide bonds. The van der Waals surface area contributed by atoms with Crippen LogP contribution in [0.3, 0.4) is 0 Å². The van der Waals surface area contributed by atoms with Crippen LogP contribution in [-0.2, 0) is 0 Å². The molecule has 0 saturated heterocycles. The van der Waals surface area contributed by atoms with Gasteiger partial charge in [-0.3, -0.25) is 4.57 Å². The number of benzene rings is 8. The summed E-state index contributed by atoms with van der Waals surface area (Å²) in [6, 6.07) is 66.8. The second kappa shape index (κ2) is 12.6. The third-order valence-corrected chi connectivity index (χ3v) is 12.3. The fourth-order valence-corrected chi connectivity index (χ4v) is 9.58. The van der Waals surface area contributed by atoms with E-state index in [4.69, 9.17) is 14.4 Å². The first-order valence-electron chi connectivity index (χ1n) is 19.1. The minimum atomic E-state index is 0.655. The van der Waals surface area contributed by atoms with E-state index in [2.05, 4.69) is 180 Å². The van der Waals surface area contributed by atoms with E-state index in [1.165, 1.54) is 32.3 Å². The van der Waals surface area contributed by atoms with E-state index < -0.39 is 0 Å². The van der Waals surface area contributed by atoms with Crippen LogP contribution in [0.25, 0.3) is 115 Å². The summed E-state index contributed by atoms with van der Waals surface area (Å²) in [7, 11) is 0. The Bertz CT molecular complexity index is 3510. The highest BCUT2D eigenvalue weighted by atomic mass is 32.1. The van der Waals surface area contributed by atoms with Crippen LogP contribution in [0.5, 0.6) is 0 Å². The highest BCUT2D eigenvalue weighted by molar-refractivity contribution is 7.25. The first kappa shape index (κ1) is 32.0. The fourth-order valence-electron chi connectivity index (χ4n) is 8.51. The maximum absolute atomic E-state index is 6.18. The second-order valence-corrected chi connectivity index (χ2v) is 15.6. The molecule has 0 unspecified atom stereocenters. The molecule has 4 heterocycles. The first-order valence-corrected chi connectivity index (χ1v) is 20.0. The molecule has 0 aliphatic rings. The van der Waals surface area contributed by atoms with E-state index in [-0.39, 0.29) is 0 Å². The zero-order valence-electron chi connectivity index (χ0n) is 30.6. The summed E-state index contributed by atoms with van der Waals surface area (Å²) in [5, 5.41) is 6.80. The standard InChI is InChI=1S/C52H31N3OS/c1-3-11-32(12-4-1)34-19-21-35(22-20-34)50-49-40-16-8-10-18-48(40)57-51(49)54-52(53-50)55-44-26-23-36(33-13-5-2-6-14-33)29-41(44)42-30-37(24-27-45(42)55)38-25-28-47-43(31-38)39-15-7-9-17-46(39)56-47/h1-31H. The van der Waals surface area contributed by atoms with E-state index in [0.717, 1.165) is 76.3 Å². The molecule has 0 bridgehead atoms. The highest BCUT2D eigenvalue weighted by Gasteiger charge is 2.21. The van der Waals surface area contributed by atoms with Gasteiger partial charge in [-0.25, -0.2) is 9.97 Å². The summed E-state index contributed by atoms with van der Waals surface area (Å²) in [5.74, 6) is 0.655. The Morgan fingerprint density at radius 1 is 0.386 bits per heavy atom. The molecule has 12 aromatic rings. The molecule has 5 heteroatoms. The lowest BCUT2D eigenvalue weighted by molar-refractivity contribution is 0.669. The second-order valence-electron chi connectivity index (χ2n) is 14.6. The molecule has 0 aliphatic heterocycles. The number of rotatable bonds is 5. The number of thiophene rings is 1. The van der Waals surface area contributed by atoms with Crippen LogP contribution in [-0.4, -0.2) is 14.5 Å². The molecule has 0 radical (unpaired) electrons. The fraction of sp³-hybridized carbons (Fsp3) is 0. The molecule has 4 nitrogen and oxygen atoms in total. The summed E-state index contributed by atoms with van der Waals surface area (Å²) in [5.41, 5.74) is 12.9. The summed E-state index contributed by atoms with van der Waals surface area (Å²) < 4.78 is 9.63. The van der Waals surface area contributed by atoms with E-state index >= 15 is 0 Å². The average Bonchev–Trinajstić information content (AvgIpc) is 3.95. The Kier molecular flexibility index (Phi) is 7.06. The van der Waals surface area contributed by atoms with Gasteiger partial charge in [-0.1, -0.05) is 140 Å². The molecule has 8 aromatic carbocycles. The lowest BCUT2D eigenvalue weighted by Gasteiger charge is -2.11. The van der Waals surface area contributed by atoms with Crippen molar-refractivity contribution in [3.63, 3.8) is 0 Å². The van der Waals surface area contributed by atoms with Gasteiger partial charge in [0.25, 0.3) is 0 Å². The Labute approximate surface area is 331 Å². The minimum Gasteiger partial charge on any atom is -0.456 e. The summed E-state index contributed by atoms with van der Waals surface area (Å²) in [4.78, 5) is 11.9. The topological polar surface area (TPSA) is 43.9 Å². The maximum Gasteiger partial charge on any atom is 0.236 e. The quantitative estimate of drug-likeness (QED) is 0.176. The van der Waals surface area contributed by atoms with Crippen molar-refractivity contribution in [1.29, 1.82) is 0 Å². The summed E-state index contributed by atoms with van der Waals surface area (Å²) in [6.07, 6.45) is 0. The van der Waals surface area contributed by atoms with Crippen molar-refractivity contribution >= 4 is 75.4 Å². The van der Waals surface area contributed by atoms with Gasteiger partial charge in [0.05, 0.1) is 16.7 Å². The number of hydrogen-bond acceptors (Lipinski definition) is 4. The smallest absolute Gasteiger partial charge is 0.236 e. The van der Waals surface area contributed by atoms with Crippen molar-refractivity contribution < 1.29 is 4.42 Å². The van der Waals surface area contributed by atoms with Gasteiger partial charge in [-0.2, -0.15) is 0 Å². The SMILES string of the molecule is c1ccc(-c2ccc(-c3nc(-n4c5ccc(-c6ccccc6)cc5c5cc(-c6ccc7oc8ccccc8c7c6)ccc54)nc4sc5ccccc5c34)cc2)cc1. The van der Waals surface area contributed by atoms with Crippen LogP contribution in [0.2, 0.25) is 0 Å². The Hall–Kier alpha value is -7.34. The van der Waals surface area contributed by atoms with Crippen molar-refractivity contribution in [2.75, 3.05) is 0 Å². The van der Waals surface area contributed by atoms with E-state index in [0.29, 0.717) is 5.95 Å².